The van der Waals surface area contributed by atoms with Crippen LogP contribution in [0.4, 0.5) is 0 Å². The normalized spacial score (nSPS) is 10.5. The second-order valence-electron chi connectivity index (χ2n) is 5.78. The third-order valence-corrected chi connectivity index (χ3v) is 3.78. The van der Waals surface area contributed by atoms with E-state index in [0.29, 0.717) is 5.57 Å². The third kappa shape index (κ3) is 17.7. The van der Waals surface area contributed by atoms with Crippen molar-refractivity contribution in [3.05, 3.63) is 104 Å². The molecule has 0 aromatic heterocycles. The number of benzene rings is 2. The molecule has 3 rings (SSSR count). The maximum Gasteiger partial charge on any atom is 0.0296 e. The van der Waals surface area contributed by atoms with Crippen LogP contribution in [0.2, 0.25) is 0 Å². The van der Waals surface area contributed by atoms with Crippen LogP contribution < -0.4 is 0 Å². The molecule has 0 aliphatic heterocycles. The molecule has 1 saturated carbocycles. The summed E-state index contributed by atoms with van der Waals surface area (Å²) in [6.07, 6.45) is 9.26. The topological polar surface area (TPSA) is 76.8 Å². The molecule has 2 aromatic carbocycles. The molecule has 158 valence electrons. The first-order chi connectivity index (χ1) is 14.8. The average molecular weight is 583 g/mol. The van der Waals surface area contributed by atoms with Crippen molar-refractivity contribution in [1.82, 2.24) is 0 Å². The zero-order chi connectivity index (χ0) is 23.0. The van der Waals surface area contributed by atoms with Gasteiger partial charge in [0, 0.05) is 32.4 Å². The van der Waals surface area contributed by atoms with Gasteiger partial charge >= 0.3 is 33.9 Å². The van der Waals surface area contributed by atoms with Gasteiger partial charge in [-0.25, -0.2) is 0 Å². The maximum atomic E-state index is 11.5. The van der Waals surface area contributed by atoms with Crippen LogP contribution in [0.5, 0.6) is 0 Å². The minimum atomic E-state index is -0.271. The van der Waals surface area contributed by atoms with Gasteiger partial charge in [-0.3, -0.25) is 0 Å². The first-order valence-corrected chi connectivity index (χ1v) is 9.07. The predicted octanol–water partition coefficient (Wildman–Crippen LogP) is 5.36. The fourth-order valence-electron chi connectivity index (χ4n) is 2.45. The van der Waals surface area contributed by atoms with E-state index in [1.165, 1.54) is 32.1 Å². The van der Waals surface area contributed by atoms with Gasteiger partial charge in [-0.1, -0.05) is 92.1 Å². The molecular weight excluding hydrogens is 560 g/mol. The van der Waals surface area contributed by atoms with Crippen LogP contribution in [0.1, 0.15) is 43.2 Å². The first kappa shape index (κ1) is 32.8. The van der Waals surface area contributed by atoms with Crippen molar-refractivity contribution < 1.29 is 39.8 Å². The summed E-state index contributed by atoms with van der Waals surface area (Å²) in [7, 11) is 0. The third-order valence-electron chi connectivity index (χ3n) is 3.78. The Bertz CT molecular complexity index is 828. The summed E-state index contributed by atoms with van der Waals surface area (Å²) in [6, 6.07) is 19.2. The van der Waals surface area contributed by atoms with Crippen LogP contribution in [-0.2, 0) is 39.8 Å². The van der Waals surface area contributed by atoms with Gasteiger partial charge in [0.25, 0.3) is 0 Å². The Kier molecular flexibility index (Phi) is 26.7. The Hall–Kier alpha value is -2.81. The number of rotatable bonds is 2. The molecule has 0 bridgehead atoms. The number of hydrogen-bond acceptors (Lipinski definition) is 1. The van der Waals surface area contributed by atoms with E-state index in [0.717, 1.165) is 11.1 Å². The van der Waals surface area contributed by atoms with Gasteiger partial charge in [0.15, 0.2) is 0 Å². The number of allylic oxidation sites excluding steroid dienone is 1. The minimum Gasteiger partial charge on any atom is -0.331 e. The zero-order valence-corrected chi connectivity index (χ0v) is 20.1. The molecule has 0 amide bonds. The van der Waals surface area contributed by atoms with Gasteiger partial charge in [-0.05, 0) is 17.7 Å². The fraction of sp³-hybridized carbons (Fsp3) is 0.192. The van der Waals surface area contributed by atoms with Crippen molar-refractivity contribution in [2.45, 2.75) is 32.1 Å². The van der Waals surface area contributed by atoms with Gasteiger partial charge in [0.05, 0.1) is 0 Å². The Morgan fingerprint density at radius 1 is 0.774 bits per heavy atom. The number of hydrogen-bond donors (Lipinski definition) is 0. The van der Waals surface area contributed by atoms with Crippen molar-refractivity contribution in [2.24, 2.45) is 0 Å². The van der Waals surface area contributed by atoms with Crippen LogP contribution in [0.25, 0.3) is 6.08 Å². The summed E-state index contributed by atoms with van der Waals surface area (Å²) in [5.41, 5.74) is 2.23. The van der Waals surface area contributed by atoms with E-state index in [4.69, 9.17) is 14.0 Å². The van der Waals surface area contributed by atoms with Gasteiger partial charge in [0.1, 0.15) is 0 Å². The second kappa shape index (κ2) is 25.2. The maximum absolute atomic E-state index is 11.5. The zero-order valence-electron chi connectivity index (χ0n) is 17.1. The molecule has 0 saturated heterocycles. The van der Waals surface area contributed by atoms with E-state index in [1.807, 2.05) is 60.7 Å². The van der Waals surface area contributed by atoms with E-state index in [-0.39, 0.29) is 26.8 Å². The SMILES string of the molecule is C1CCCC1.[C-]#[O+].[C-]#[O+].[C-]#[O+].[CH2-]C(=O)/C(C#Cc1ccccc1)=C/c1ccccc1.[W]. The van der Waals surface area contributed by atoms with Crippen LogP contribution >= 0.6 is 0 Å². The van der Waals surface area contributed by atoms with E-state index >= 15 is 0 Å². The molecular formula is C26H23O4W-. The summed E-state index contributed by atoms with van der Waals surface area (Å²) in [5.74, 6) is 5.58. The minimum absolute atomic E-state index is 0. The molecule has 0 radical (unpaired) electrons. The Morgan fingerprint density at radius 2 is 1.16 bits per heavy atom. The van der Waals surface area contributed by atoms with Gasteiger partial charge in [-0.15, -0.1) is 6.08 Å². The molecule has 1 aliphatic rings. The summed E-state index contributed by atoms with van der Waals surface area (Å²) < 4.78 is 22.5. The number of ketones is 1. The van der Waals surface area contributed by atoms with Crippen LogP contribution in [0.15, 0.2) is 66.2 Å². The van der Waals surface area contributed by atoms with Crippen LogP contribution in [-0.4, -0.2) is 5.78 Å². The number of carbonyl (C=O) groups is 1. The molecule has 1 fully saturated rings. The Morgan fingerprint density at radius 3 is 1.55 bits per heavy atom. The molecule has 0 N–H and O–H groups in total. The molecule has 31 heavy (non-hydrogen) atoms. The molecule has 0 atom stereocenters. The Balaban J connectivity index is -0.000000549. The molecule has 1 aliphatic carbocycles. The van der Waals surface area contributed by atoms with E-state index in [2.05, 4.69) is 38.7 Å². The number of carbonyl (C=O) groups excluding carboxylic acids is 1. The summed E-state index contributed by atoms with van der Waals surface area (Å²) in [4.78, 5) is 11.5. The Labute approximate surface area is 199 Å². The van der Waals surface area contributed by atoms with E-state index in [9.17, 15) is 4.79 Å². The van der Waals surface area contributed by atoms with Crippen molar-refractivity contribution in [3.63, 3.8) is 0 Å². The summed E-state index contributed by atoms with van der Waals surface area (Å²) in [6.45, 7) is 16.9. The summed E-state index contributed by atoms with van der Waals surface area (Å²) in [5, 5.41) is 0. The van der Waals surface area contributed by atoms with Crippen molar-refractivity contribution >= 4 is 11.9 Å². The largest absolute Gasteiger partial charge is 0.331 e. The quantitative estimate of drug-likeness (QED) is 0.203. The van der Waals surface area contributed by atoms with Gasteiger partial charge < -0.3 is 4.79 Å². The summed E-state index contributed by atoms with van der Waals surface area (Å²) >= 11 is 0. The molecule has 0 heterocycles. The molecule has 5 heteroatoms. The smallest absolute Gasteiger partial charge is 0.0296 e. The van der Waals surface area contributed by atoms with Gasteiger partial charge in [-0.2, -0.15) is 12.8 Å². The van der Waals surface area contributed by atoms with E-state index in [1.54, 1.807) is 6.08 Å². The van der Waals surface area contributed by atoms with E-state index < -0.39 is 0 Å². The second-order valence-corrected chi connectivity index (χ2v) is 5.78. The van der Waals surface area contributed by atoms with Crippen LogP contribution in [0.3, 0.4) is 0 Å². The molecule has 4 nitrogen and oxygen atoms in total. The van der Waals surface area contributed by atoms with Crippen LogP contribution in [0, 0.1) is 38.7 Å². The van der Waals surface area contributed by atoms with Crippen molar-refractivity contribution in [2.75, 3.05) is 0 Å². The molecule has 0 unspecified atom stereocenters. The van der Waals surface area contributed by atoms with Crippen molar-refractivity contribution in [3.8, 4) is 11.8 Å². The average Bonchev–Trinajstić information content (AvgIpc) is 3.42. The molecule has 2 aromatic rings. The fourth-order valence-corrected chi connectivity index (χ4v) is 2.45. The monoisotopic (exact) mass is 583 g/mol. The van der Waals surface area contributed by atoms with Crippen molar-refractivity contribution in [1.29, 1.82) is 0 Å². The predicted molar refractivity (Wildman–Crippen MR) is 113 cm³/mol. The van der Waals surface area contributed by atoms with Gasteiger partial charge in [0.2, 0.25) is 0 Å². The molecule has 0 spiro atoms. The standard InChI is InChI=1S/C18H13O.C5H10.3CO.W/c1-15(19)18(14-17-10-6-3-7-11-17)13-12-16-8-4-2-5-9-16;1-2-4-5-3-1;3*1-2;/h2-11,14H,1H2;1-5H2;;;;/q-1;;;;;/b18-14+;;;;;. The number of Topliss-reactive ketones (excluding diaryl/α,β-unsaturated/α-hetero) is 1. The first-order valence-electron chi connectivity index (χ1n) is 9.07.